The third-order valence-corrected chi connectivity index (χ3v) is 4.67. The van der Waals surface area contributed by atoms with Crippen molar-refractivity contribution >= 4 is 5.96 Å². The van der Waals surface area contributed by atoms with Gasteiger partial charge in [-0.2, -0.15) is 0 Å². The van der Waals surface area contributed by atoms with Crippen LogP contribution in [0.1, 0.15) is 36.7 Å². The molecule has 0 amide bonds. The molecule has 1 unspecified atom stereocenters. The Morgan fingerprint density at radius 3 is 2.42 bits per heavy atom. The van der Waals surface area contributed by atoms with Crippen molar-refractivity contribution in [3.8, 4) is 0 Å². The number of hydrogen-bond donors (Lipinski definition) is 2. The number of aryl methyl sites for hydroxylation is 1. The molecule has 2 N–H and O–H groups in total. The first-order valence-electron chi connectivity index (χ1n) is 9.33. The van der Waals surface area contributed by atoms with Crippen molar-refractivity contribution in [1.82, 2.24) is 20.5 Å². The van der Waals surface area contributed by atoms with Gasteiger partial charge < -0.3 is 10.6 Å². The van der Waals surface area contributed by atoms with Crippen LogP contribution in [0.4, 0.5) is 0 Å². The first-order chi connectivity index (χ1) is 12.7. The number of pyridine rings is 1. The maximum atomic E-state index is 4.43. The highest BCUT2D eigenvalue weighted by Gasteiger charge is 2.18. The summed E-state index contributed by atoms with van der Waals surface area (Å²) in [6, 6.07) is 15.0. The van der Waals surface area contributed by atoms with Crippen LogP contribution in [0, 0.1) is 6.92 Å². The molecule has 0 saturated heterocycles. The number of nitrogens with zero attached hydrogens (tertiary/aromatic N) is 3. The molecular formula is C21H31N5. The quantitative estimate of drug-likeness (QED) is 0.565. The van der Waals surface area contributed by atoms with Crippen LogP contribution in [0.25, 0.3) is 0 Å². The lowest BCUT2D eigenvalue weighted by Gasteiger charge is -2.30. The standard InChI is InChI=1S/C21H31N5/c1-5-26(6-2)20(18-12-8-7-9-13-18)16-25-21(22-4)24-15-19-17(3)11-10-14-23-19/h7-14,20H,5-6,15-16H2,1-4H3,(H2,22,24,25). The van der Waals surface area contributed by atoms with Crippen LogP contribution in [0.5, 0.6) is 0 Å². The highest BCUT2D eigenvalue weighted by Crippen LogP contribution is 2.19. The van der Waals surface area contributed by atoms with Crippen molar-refractivity contribution < 1.29 is 0 Å². The molecule has 2 aromatic rings. The number of hydrogen-bond acceptors (Lipinski definition) is 3. The average molecular weight is 354 g/mol. The summed E-state index contributed by atoms with van der Waals surface area (Å²) in [7, 11) is 1.80. The molecule has 1 atom stereocenters. The van der Waals surface area contributed by atoms with Gasteiger partial charge in [0.2, 0.25) is 0 Å². The lowest BCUT2D eigenvalue weighted by molar-refractivity contribution is 0.219. The Kier molecular flexibility index (Phi) is 8.09. The van der Waals surface area contributed by atoms with E-state index in [1.807, 2.05) is 12.3 Å². The fourth-order valence-corrected chi connectivity index (χ4v) is 3.08. The maximum absolute atomic E-state index is 4.43. The molecule has 2 rings (SSSR count). The zero-order valence-electron chi connectivity index (χ0n) is 16.4. The van der Waals surface area contributed by atoms with Crippen molar-refractivity contribution in [3.63, 3.8) is 0 Å². The second kappa shape index (κ2) is 10.6. The van der Waals surface area contributed by atoms with Crippen LogP contribution in [-0.4, -0.2) is 42.5 Å². The van der Waals surface area contributed by atoms with Crippen LogP contribution >= 0.6 is 0 Å². The van der Waals surface area contributed by atoms with E-state index < -0.39 is 0 Å². The molecule has 0 aliphatic carbocycles. The molecule has 0 fully saturated rings. The van der Waals surface area contributed by atoms with Crippen molar-refractivity contribution in [2.45, 2.75) is 33.4 Å². The summed E-state index contributed by atoms with van der Waals surface area (Å²) in [5.74, 6) is 0.795. The first kappa shape index (κ1) is 19.9. The largest absolute Gasteiger partial charge is 0.354 e. The smallest absolute Gasteiger partial charge is 0.191 e. The molecule has 1 aromatic heterocycles. The fraction of sp³-hybridized carbons (Fsp3) is 0.429. The minimum atomic E-state index is 0.307. The third-order valence-electron chi connectivity index (χ3n) is 4.67. The summed E-state index contributed by atoms with van der Waals surface area (Å²) in [6.45, 7) is 9.97. The first-order valence-corrected chi connectivity index (χ1v) is 9.33. The molecule has 1 aromatic carbocycles. The Morgan fingerprint density at radius 1 is 1.08 bits per heavy atom. The van der Waals surface area contributed by atoms with E-state index in [0.717, 1.165) is 31.3 Å². The Bertz CT molecular complexity index is 680. The predicted octanol–water partition coefficient (Wildman–Crippen LogP) is 3.14. The van der Waals surface area contributed by atoms with E-state index in [9.17, 15) is 0 Å². The minimum Gasteiger partial charge on any atom is -0.354 e. The molecule has 0 aliphatic rings. The van der Waals surface area contributed by atoms with E-state index in [2.05, 4.69) is 82.7 Å². The number of guanidine groups is 1. The van der Waals surface area contributed by atoms with Crippen LogP contribution in [-0.2, 0) is 6.54 Å². The Labute approximate surface area is 157 Å². The summed E-state index contributed by atoms with van der Waals surface area (Å²) in [6.07, 6.45) is 1.83. The van der Waals surface area contributed by atoms with Gasteiger partial charge in [-0.25, -0.2) is 0 Å². The second-order valence-corrected chi connectivity index (χ2v) is 6.22. The van der Waals surface area contributed by atoms with Gasteiger partial charge in [-0.15, -0.1) is 0 Å². The Morgan fingerprint density at radius 2 is 1.81 bits per heavy atom. The highest BCUT2D eigenvalue weighted by atomic mass is 15.2. The zero-order chi connectivity index (χ0) is 18.8. The van der Waals surface area contributed by atoms with Gasteiger partial charge in [-0.3, -0.25) is 14.9 Å². The molecule has 140 valence electrons. The van der Waals surface area contributed by atoms with Gasteiger partial charge in [0, 0.05) is 19.8 Å². The van der Waals surface area contributed by atoms with Crippen LogP contribution in [0.3, 0.4) is 0 Å². The molecule has 0 aliphatic heterocycles. The van der Waals surface area contributed by atoms with Gasteiger partial charge in [0.25, 0.3) is 0 Å². The fourth-order valence-electron chi connectivity index (χ4n) is 3.08. The summed E-state index contributed by atoms with van der Waals surface area (Å²) in [5, 5.41) is 6.84. The predicted molar refractivity (Wildman–Crippen MR) is 109 cm³/mol. The van der Waals surface area contributed by atoms with Gasteiger partial charge in [-0.05, 0) is 37.2 Å². The lowest BCUT2D eigenvalue weighted by Crippen LogP contribution is -2.43. The maximum Gasteiger partial charge on any atom is 0.191 e. The molecule has 0 radical (unpaired) electrons. The minimum absolute atomic E-state index is 0.307. The van der Waals surface area contributed by atoms with Crippen molar-refractivity contribution in [2.24, 2.45) is 4.99 Å². The Balaban J connectivity index is 2.00. The topological polar surface area (TPSA) is 52.5 Å². The molecule has 1 heterocycles. The van der Waals surface area contributed by atoms with E-state index in [1.54, 1.807) is 7.05 Å². The van der Waals surface area contributed by atoms with Gasteiger partial charge in [0.05, 0.1) is 18.3 Å². The van der Waals surface area contributed by atoms with Gasteiger partial charge >= 0.3 is 0 Å². The van der Waals surface area contributed by atoms with Crippen molar-refractivity contribution in [2.75, 3.05) is 26.7 Å². The van der Waals surface area contributed by atoms with Crippen molar-refractivity contribution in [1.29, 1.82) is 0 Å². The third kappa shape index (κ3) is 5.56. The molecule has 26 heavy (non-hydrogen) atoms. The second-order valence-electron chi connectivity index (χ2n) is 6.22. The number of benzene rings is 1. The van der Waals surface area contributed by atoms with Gasteiger partial charge in [0.15, 0.2) is 5.96 Å². The Hall–Kier alpha value is -2.40. The van der Waals surface area contributed by atoms with Gasteiger partial charge in [0.1, 0.15) is 0 Å². The molecule has 5 heteroatoms. The van der Waals surface area contributed by atoms with Crippen LogP contribution in [0.2, 0.25) is 0 Å². The highest BCUT2D eigenvalue weighted by molar-refractivity contribution is 5.79. The summed E-state index contributed by atoms with van der Waals surface area (Å²) in [4.78, 5) is 11.2. The summed E-state index contributed by atoms with van der Waals surface area (Å²) in [5.41, 5.74) is 3.54. The molecule has 5 nitrogen and oxygen atoms in total. The zero-order valence-corrected chi connectivity index (χ0v) is 16.4. The number of rotatable bonds is 8. The van der Waals surface area contributed by atoms with Crippen LogP contribution in [0.15, 0.2) is 53.7 Å². The lowest BCUT2D eigenvalue weighted by atomic mass is 10.1. The number of aromatic nitrogens is 1. The summed E-state index contributed by atoms with van der Waals surface area (Å²) < 4.78 is 0. The SMILES string of the molecule is CCN(CC)C(CNC(=NC)NCc1ncccc1C)c1ccccc1. The van der Waals surface area contributed by atoms with Crippen LogP contribution < -0.4 is 10.6 Å². The summed E-state index contributed by atoms with van der Waals surface area (Å²) >= 11 is 0. The van der Waals surface area contributed by atoms with E-state index in [-0.39, 0.29) is 0 Å². The van der Waals surface area contributed by atoms with E-state index in [4.69, 9.17) is 0 Å². The molecular weight excluding hydrogens is 322 g/mol. The number of aliphatic imine (C=N–C) groups is 1. The van der Waals surface area contributed by atoms with Gasteiger partial charge in [-0.1, -0.05) is 50.2 Å². The number of nitrogens with one attached hydrogen (secondary N) is 2. The molecule has 0 saturated carbocycles. The normalized spacial score (nSPS) is 12.9. The van der Waals surface area contributed by atoms with Crippen molar-refractivity contribution in [3.05, 3.63) is 65.5 Å². The number of likely N-dealkylation sites (N-methyl/N-ethyl adjacent to an activating group) is 1. The van der Waals surface area contributed by atoms with E-state index >= 15 is 0 Å². The molecule has 0 spiro atoms. The monoisotopic (exact) mass is 353 g/mol. The molecule has 0 bridgehead atoms. The average Bonchev–Trinajstić information content (AvgIpc) is 2.69. The van der Waals surface area contributed by atoms with E-state index in [0.29, 0.717) is 12.6 Å². The van der Waals surface area contributed by atoms with E-state index in [1.165, 1.54) is 11.1 Å².